The van der Waals surface area contributed by atoms with Crippen molar-refractivity contribution in [2.24, 2.45) is 0 Å². The molecule has 0 saturated carbocycles. The quantitative estimate of drug-likeness (QED) is 0.509. The number of aliphatic hydroxyl groups excluding tert-OH is 2. The number of ether oxygens (including phenoxy) is 1. The molecule has 3 aromatic rings. The van der Waals surface area contributed by atoms with E-state index in [1.165, 1.54) is 6.07 Å². The Bertz CT molecular complexity index is 1010. The number of carboxylic acid groups (broad SMARTS) is 1. The summed E-state index contributed by atoms with van der Waals surface area (Å²) in [6, 6.07) is 12.9. The molecular weight excluding hydrogens is 392 g/mol. The maximum Gasteiger partial charge on any atom is 0.336 e. The maximum absolute atomic E-state index is 11.8. The highest BCUT2D eigenvalue weighted by molar-refractivity contribution is 7.19. The average Bonchev–Trinajstić information content (AvgIpc) is 3.10. The van der Waals surface area contributed by atoms with Gasteiger partial charge in [-0.1, -0.05) is 18.2 Å². The number of aliphatic hydroxyl groups is 2. The van der Waals surface area contributed by atoms with E-state index in [2.05, 4.69) is 0 Å². The van der Waals surface area contributed by atoms with Crippen molar-refractivity contribution in [3.63, 3.8) is 0 Å². The van der Waals surface area contributed by atoms with Gasteiger partial charge in [-0.3, -0.25) is 0 Å². The summed E-state index contributed by atoms with van der Waals surface area (Å²) in [6.45, 7) is -0.226. The van der Waals surface area contributed by atoms with Gasteiger partial charge in [0.2, 0.25) is 0 Å². The Balaban J connectivity index is 1.71. The highest BCUT2D eigenvalue weighted by atomic mass is 32.1. The molecule has 4 rings (SSSR count). The molecule has 152 valence electrons. The molecule has 7 heteroatoms. The van der Waals surface area contributed by atoms with Crippen molar-refractivity contribution < 1.29 is 30.0 Å². The summed E-state index contributed by atoms with van der Waals surface area (Å²) >= 11 is 1.60. The van der Waals surface area contributed by atoms with Crippen LogP contribution in [0.1, 0.15) is 45.3 Å². The highest BCUT2D eigenvalue weighted by Gasteiger charge is 2.31. The lowest BCUT2D eigenvalue weighted by Gasteiger charge is -2.33. The van der Waals surface area contributed by atoms with E-state index in [1.54, 1.807) is 17.4 Å². The van der Waals surface area contributed by atoms with Gasteiger partial charge < -0.3 is 25.2 Å². The summed E-state index contributed by atoms with van der Waals surface area (Å²) in [5.41, 5.74) is 1.04. The zero-order valence-electron chi connectivity index (χ0n) is 15.6. The standard InChI is InChI=1S/C22H22O6S/c23-11-15-8-14(24)9-20(28-15)18-7-13(17(22(26)27)10-19(18)25)6-16-5-12-3-1-2-4-21(12)29-16/h1-5,7,10,14-15,20,23-25H,6,8-9,11H2,(H,26,27)/t14-,15-,20+/m0/s1. The largest absolute Gasteiger partial charge is 0.508 e. The van der Waals surface area contributed by atoms with Gasteiger partial charge in [0, 0.05) is 34.4 Å². The molecule has 29 heavy (non-hydrogen) atoms. The number of phenolic OH excluding ortho intramolecular Hbond substituents is 1. The second-order valence-electron chi connectivity index (χ2n) is 7.36. The van der Waals surface area contributed by atoms with Crippen LogP contribution < -0.4 is 0 Å². The Morgan fingerprint density at radius 1 is 1.17 bits per heavy atom. The number of carboxylic acids is 1. The van der Waals surface area contributed by atoms with E-state index >= 15 is 0 Å². The lowest BCUT2D eigenvalue weighted by molar-refractivity contribution is -0.114. The molecule has 0 unspecified atom stereocenters. The fourth-order valence-corrected chi connectivity index (χ4v) is 4.96. The molecule has 1 aromatic heterocycles. The average molecular weight is 414 g/mol. The second kappa shape index (κ2) is 8.12. The lowest BCUT2D eigenvalue weighted by atomic mass is 9.92. The Hall–Kier alpha value is -2.45. The van der Waals surface area contributed by atoms with E-state index in [4.69, 9.17) is 4.74 Å². The van der Waals surface area contributed by atoms with Crippen LogP contribution in [0, 0.1) is 0 Å². The van der Waals surface area contributed by atoms with Crippen LogP contribution >= 0.6 is 11.3 Å². The SMILES string of the molecule is O=C(O)c1cc(O)c([C@H]2C[C@@H](O)C[C@@H](CO)O2)cc1Cc1cc2ccccc2s1. The molecule has 1 fully saturated rings. The van der Waals surface area contributed by atoms with Crippen molar-refractivity contribution in [2.45, 2.75) is 37.6 Å². The summed E-state index contributed by atoms with van der Waals surface area (Å²) in [6.07, 6.45) is -0.773. The Labute approximate surface area is 171 Å². The van der Waals surface area contributed by atoms with Gasteiger partial charge in [0.25, 0.3) is 0 Å². The predicted molar refractivity (Wildman–Crippen MR) is 110 cm³/mol. The number of hydrogen-bond acceptors (Lipinski definition) is 6. The number of thiophene rings is 1. The molecule has 1 aliphatic heterocycles. The van der Waals surface area contributed by atoms with Gasteiger partial charge in [0.15, 0.2) is 0 Å². The van der Waals surface area contributed by atoms with Crippen LogP contribution in [0.4, 0.5) is 0 Å². The molecule has 0 bridgehead atoms. The molecule has 0 aliphatic carbocycles. The maximum atomic E-state index is 11.8. The summed E-state index contributed by atoms with van der Waals surface area (Å²) in [5, 5.41) is 40.7. The molecule has 3 atom stereocenters. The second-order valence-corrected chi connectivity index (χ2v) is 8.52. The van der Waals surface area contributed by atoms with Crippen molar-refractivity contribution in [2.75, 3.05) is 6.61 Å². The van der Waals surface area contributed by atoms with Crippen LogP contribution in [0.25, 0.3) is 10.1 Å². The first-order valence-electron chi connectivity index (χ1n) is 9.45. The zero-order chi connectivity index (χ0) is 20.5. The predicted octanol–water partition coefficient (Wildman–Crippen LogP) is 3.47. The van der Waals surface area contributed by atoms with Crippen LogP contribution in [0.15, 0.2) is 42.5 Å². The third-order valence-electron chi connectivity index (χ3n) is 5.25. The van der Waals surface area contributed by atoms with Crippen LogP contribution in [0.5, 0.6) is 5.75 Å². The van der Waals surface area contributed by atoms with Crippen LogP contribution in [-0.2, 0) is 11.2 Å². The van der Waals surface area contributed by atoms with Crippen molar-refractivity contribution in [1.82, 2.24) is 0 Å². The Morgan fingerprint density at radius 3 is 2.69 bits per heavy atom. The molecule has 0 amide bonds. The number of benzene rings is 2. The van der Waals surface area contributed by atoms with Crippen molar-refractivity contribution in [3.05, 3.63) is 64.0 Å². The van der Waals surface area contributed by atoms with Gasteiger partial charge >= 0.3 is 5.97 Å². The zero-order valence-corrected chi connectivity index (χ0v) is 16.4. The highest BCUT2D eigenvalue weighted by Crippen LogP contribution is 2.38. The molecular formula is C22H22O6S. The number of phenols is 1. The number of fused-ring (bicyclic) bond motifs is 1. The summed E-state index contributed by atoms with van der Waals surface area (Å²) in [5.74, 6) is -1.29. The Morgan fingerprint density at radius 2 is 1.97 bits per heavy atom. The molecule has 1 saturated heterocycles. The van der Waals surface area contributed by atoms with Crippen LogP contribution in [0.2, 0.25) is 0 Å². The minimum Gasteiger partial charge on any atom is -0.508 e. The van der Waals surface area contributed by atoms with Gasteiger partial charge in [-0.25, -0.2) is 4.79 Å². The first kappa shape index (κ1) is 19.8. The fraction of sp³-hybridized carbons (Fsp3) is 0.318. The number of hydrogen-bond donors (Lipinski definition) is 4. The van der Waals surface area contributed by atoms with E-state index in [0.717, 1.165) is 15.0 Å². The summed E-state index contributed by atoms with van der Waals surface area (Å²) in [4.78, 5) is 12.8. The van der Waals surface area contributed by atoms with Gasteiger partial charge in [-0.2, -0.15) is 0 Å². The van der Waals surface area contributed by atoms with Crippen molar-refractivity contribution in [1.29, 1.82) is 0 Å². The normalized spacial score (nSPS) is 22.1. The topological polar surface area (TPSA) is 107 Å². The van der Waals surface area contributed by atoms with Crippen LogP contribution in [0.3, 0.4) is 0 Å². The third kappa shape index (κ3) is 4.13. The number of aromatic carboxylic acids is 1. The monoisotopic (exact) mass is 414 g/mol. The molecule has 2 aromatic carbocycles. The van der Waals surface area contributed by atoms with E-state index in [0.29, 0.717) is 24.0 Å². The Kier molecular flexibility index (Phi) is 5.56. The van der Waals surface area contributed by atoms with Gasteiger partial charge in [-0.15, -0.1) is 11.3 Å². The third-order valence-corrected chi connectivity index (χ3v) is 6.37. The minimum atomic E-state index is -1.11. The minimum absolute atomic E-state index is 0.0405. The first-order valence-corrected chi connectivity index (χ1v) is 10.3. The smallest absolute Gasteiger partial charge is 0.336 e. The summed E-state index contributed by atoms with van der Waals surface area (Å²) < 4.78 is 6.94. The van der Waals surface area contributed by atoms with E-state index in [1.807, 2.05) is 30.3 Å². The van der Waals surface area contributed by atoms with Gasteiger partial charge in [0.05, 0.1) is 30.5 Å². The lowest BCUT2D eigenvalue weighted by Crippen LogP contribution is -2.33. The summed E-state index contributed by atoms with van der Waals surface area (Å²) in [7, 11) is 0. The van der Waals surface area contributed by atoms with Crippen molar-refractivity contribution in [3.8, 4) is 5.75 Å². The van der Waals surface area contributed by atoms with Gasteiger partial charge in [-0.05, 0) is 35.2 Å². The molecule has 6 nitrogen and oxygen atoms in total. The molecule has 1 aliphatic rings. The molecule has 0 radical (unpaired) electrons. The van der Waals surface area contributed by atoms with E-state index in [9.17, 15) is 25.2 Å². The fourth-order valence-electron chi connectivity index (χ4n) is 3.88. The van der Waals surface area contributed by atoms with Gasteiger partial charge in [0.1, 0.15) is 5.75 Å². The van der Waals surface area contributed by atoms with E-state index < -0.39 is 24.3 Å². The molecule has 4 N–H and O–H groups in total. The molecule has 2 heterocycles. The number of carbonyl (C=O) groups is 1. The van der Waals surface area contributed by atoms with Crippen molar-refractivity contribution >= 4 is 27.4 Å². The first-order chi connectivity index (χ1) is 13.9. The van der Waals surface area contributed by atoms with Crippen LogP contribution in [-0.4, -0.2) is 45.2 Å². The molecule has 0 spiro atoms. The number of aromatic hydroxyl groups is 1. The van der Waals surface area contributed by atoms with E-state index in [-0.39, 0.29) is 24.3 Å². The number of rotatable bonds is 5.